The van der Waals surface area contributed by atoms with Gasteiger partial charge in [0.15, 0.2) is 0 Å². The molecule has 3 atom stereocenters. The molecule has 0 saturated carbocycles. The third kappa shape index (κ3) is 11.9. The first-order chi connectivity index (χ1) is 22.0. The number of aromatic nitrogens is 1. The number of carboxylic acid groups (broad SMARTS) is 2. The second-order valence-electron chi connectivity index (χ2n) is 12.2. The molecule has 0 spiro atoms. The minimum absolute atomic E-state index is 0. The predicted molar refractivity (Wildman–Crippen MR) is 167 cm³/mol. The maximum atomic E-state index is 13.8. The van der Waals surface area contributed by atoms with E-state index in [2.05, 4.69) is 20.9 Å². The van der Waals surface area contributed by atoms with Crippen molar-refractivity contribution in [3.05, 3.63) is 71.4 Å². The summed E-state index contributed by atoms with van der Waals surface area (Å²) in [6.07, 6.45) is 5.67. The number of para-hydroxylation sites is 1. The number of carbonyl (C=O) groups excluding carboxylic acids is 5. The van der Waals surface area contributed by atoms with Gasteiger partial charge in [-0.05, 0) is 60.4 Å². The van der Waals surface area contributed by atoms with Gasteiger partial charge in [0.05, 0.1) is 18.0 Å². The summed E-state index contributed by atoms with van der Waals surface area (Å²) in [5.74, 6) is -4.29. The molecule has 4 N–H and O–H groups in total. The largest absolute Gasteiger partial charge is 1.00 e. The molecule has 4 rings (SSSR count). The molecule has 2 aromatic carbocycles. The van der Waals surface area contributed by atoms with Crippen molar-refractivity contribution < 1.29 is 93.3 Å². The summed E-state index contributed by atoms with van der Waals surface area (Å²) in [7, 11) is 0. The van der Waals surface area contributed by atoms with Crippen molar-refractivity contribution in [2.45, 2.75) is 76.9 Å². The number of H-pyrrole nitrogens is 1. The Kier molecular flexibility index (Phi) is 17.2. The Bertz CT molecular complexity index is 1560. The summed E-state index contributed by atoms with van der Waals surface area (Å²) in [5.41, 5.74) is 1.74. The molecule has 2 heterocycles. The Morgan fingerprint density at radius 3 is 2.08 bits per heavy atom. The molecule has 12 nitrogen and oxygen atoms in total. The molecule has 14 heteroatoms. The molecule has 3 aromatic rings. The summed E-state index contributed by atoms with van der Waals surface area (Å²) in [5, 5.41) is 32.4. The molecule has 0 bridgehead atoms. The maximum absolute atomic E-state index is 13.8. The average molecular weight is 678 g/mol. The number of amides is 4. The summed E-state index contributed by atoms with van der Waals surface area (Å²) < 4.78 is 0. The van der Waals surface area contributed by atoms with Gasteiger partial charge in [-0.2, -0.15) is 0 Å². The van der Waals surface area contributed by atoms with Gasteiger partial charge in [0, 0.05) is 36.6 Å². The molecular formula is C34H41N5Na2O7. The Morgan fingerprint density at radius 2 is 1.44 bits per heavy atom. The van der Waals surface area contributed by atoms with Crippen molar-refractivity contribution in [2.24, 2.45) is 5.92 Å². The maximum Gasteiger partial charge on any atom is 1.00 e. The van der Waals surface area contributed by atoms with Gasteiger partial charge in [-0.3, -0.25) is 9.59 Å². The number of carbonyl (C=O) groups is 5. The minimum Gasteiger partial charge on any atom is -0.548 e. The van der Waals surface area contributed by atoms with Crippen molar-refractivity contribution in [1.29, 1.82) is 0 Å². The molecule has 0 aliphatic carbocycles. The summed E-state index contributed by atoms with van der Waals surface area (Å²) in [6.45, 7) is 5.05. The van der Waals surface area contributed by atoms with Crippen LogP contribution in [0.5, 0.6) is 0 Å². The SMILES string of the molecule is CC(C)C[C@H](NC(=O)N1CCCCCC1)C(=O)N[C@H](Cc1c[nH]c2ccccc12)C(=O)N[C@H](Cc1cccc(C(=O)[O-])c1)C(=O)[O-].[Na+].[Na+]. The minimum atomic E-state index is -1.58. The predicted octanol–water partition coefficient (Wildman–Crippen LogP) is -4.96. The molecule has 1 saturated heterocycles. The summed E-state index contributed by atoms with van der Waals surface area (Å²) in [4.78, 5) is 69.0. The Hall–Kier alpha value is -2.87. The summed E-state index contributed by atoms with van der Waals surface area (Å²) in [6, 6.07) is 9.00. The number of nitrogens with zero attached hydrogens (tertiary/aromatic N) is 1. The standard InChI is InChI=1S/C34H43N5O7.2Na/c1-21(2)16-27(38-34(46)39-14-7-3-4-8-15-39)30(40)36-28(19-24-20-35-26-13-6-5-12-25(24)26)31(41)37-29(33(44)45)18-22-10-9-11-23(17-22)32(42)43;;/h5-6,9-13,17,20-21,27-29,35H,3-4,7-8,14-16,18-19H2,1-2H3,(H,36,40)(H,37,41)(H,38,46)(H,42,43)(H,44,45);;/q;2*+1/p-2/t27-,28+,29+;;/m0../s1. The number of carboxylic acids is 2. The van der Waals surface area contributed by atoms with Gasteiger partial charge in [0.25, 0.3) is 0 Å². The van der Waals surface area contributed by atoms with Crippen molar-refractivity contribution in [2.75, 3.05) is 13.1 Å². The van der Waals surface area contributed by atoms with Crippen molar-refractivity contribution in [1.82, 2.24) is 25.8 Å². The second kappa shape index (κ2) is 20.0. The summed E-state index contributed by atoms with van der Waals surface area (Å²) >= 11 is 0. The van der Waals surface area contributed by atoms with Crippen LogP contribution < -0.4 is 85.3 Å². The Labute approximate surface area is 324 Å². The number of rotatable bonds is 13. The van der Waals surface area contributed by atoms with Crippen molar-refractivity contribution >= 4 is 40.7 Å². The fourth-order valence-electron chi connectivity index (χ4n) is 5.75. The monoisotopic (exact) mass is 677 g/mol. The number of benzene rings is 2. The molecule has 1 fully saturated rings. The quantitative estimate of drug-likeness (QED) is 0.131. The van der Waals surface area contributed by atoms with E-state index in [1.54, 1.807) is 11.1 Å². The number of urea groups is 1. The third-order valence-corrected chi connectivity index (χ3v) is 8.15. The van der Waals surface area contributed by atoms with Crippen molar-refractivity contribution in [3.63, 3.8) is 0 Å². The second-order valence-corrected chi connectivity index (χ2v) is 12.2. The van der Waals surface area contributed by atoms with Crippen LogP contribution in [-0.4, -0.2) is 70.9 Å². The first-order valence-corrected chi connectivity index (χ1v) is 15.7. The molecule has 4 amide bonds. The number of nitrogens with one attached hydrogen (secondary N) is 4. The smallest absolute Gasteiger partial charge is 0.548 e. The molecule has 48 heavy (non-hydrogen) atoms. The zero-order chi connectivity index (χ0) is 33.2. The molecule has 1 aliphatic rings. The van der Waals surface area contributed by atoms with Gasteiger partial charge < -0.3 is 45.6 Å². The number of aromatic amines is 1. The van der Waals surface area contributed by atoms with E-state index in [4.69, 9.17) is 0 Å². The van der Waals surface area contributed by atoms with E-state index in [0.717, 1.165) is 42.1 Å². The van der Waals surface area contributed by atoms with Crippen LogP contribution in [0.25, 0.3) is 10.9 Å². The first kappa shape index (κ1) is 41.3. The van der Waals surface area contributed by atoms with E-state index in [-0.39, 0.29) is 89.5 Å². The molecule has 0 unspecified atom stereocenters. The number of aromatic carboxylic acids is 1. The number of hydrogen-bond acceptors (Lipinski definition) is 7. The van der Waals surface area contributed by atoms with Crippen LogP contribution in [0.1, 0.15) is 67.4 Å². The zero-order valence-electron chi connectivity index (χ0n) is 28.2. The van der Waals surface area contributed by atoms with Gasteiger partial charge in [-0.15, -0.1) is 0 Å². The first-order valence-electron chi connectivity index (χ1n) is 15.7. The van der Waals surface area contributed by atoms with E-state index in [9.17, 15) is 34.2 Å². The molecule has 246 valence electrons. The van der Waals surface area contributed by atoms with Gasteiger partial charge in [0.2, 0.25) is 11.8 Å². The fraction of sp³-hybridized carbons (Fsp3) is 0.441. The number of fused-ring (bicyclic) bond motifs is 1. The van der Waals surface area contributed by atoms with E-state index in [1.807, 2.05) is 38.1 Å². The fourth-order valence-corrected chi connectivity index (χ4v) is 5.75. The number of likely N-dealkylation sites (tertiary alicyclic amines) is 1. The van der Waals surface area contributed by atoms with Crippen LogP contribution in [-0.2, 0) is 27.2 Å². The van der Waals surface area contributed by atoms with E-state index in [1.165, 1.54) is 24.3 Å². The topological polar surface area (TPSA) is 187 Å². The van der Waals surface area contributed by atoms with Crippen LogP contribution in [0.3, 0.4) is 0 Å². The Morgan fingerprint density at radius 1 is 0.792 bits per heavy atom. The van der Waals surface area contributed by atoms with Gasteiger partial charge in [-0.25, -0.2) is 4.79 Å². The van der Waals surface area contributed by atoms with E-state index >= 15 is 0 Å². The van der Waals surface area contributed by atoms with Crippen LogP contribution >= 0.6 is 0 Å². The normalized spacial score (nSPS) is 14.8. The van der Waals surface area contributed by atoms with Crippen LogP contribution in [0, 0.1) is 5.92 Å². The number of aliphatic carboxylic acids is 1. The van der Waals surface area contributed by atoms with Gasteiger partial charge >= 0.3 is 65.1 Å². The zero-order valence-corrected chi connectivity index (χ0v) is 32.2. The Balaban J connectivity index is 0.00000400. The van der Waals surface area contributed by atoms with Crippen LogP contribution in [0.15, 0.2) is 54.7 Å². The van der Waals surface area contributed by atoms with Gasteiger partial charge in [0.1, 0.15) is 12.1 Å². The molecular weight excluding hydrogens is 636 g/mol. The van der Waals surface area contributed by atoms with Crippen LogP contribution in [0.2, 0.25) is 0 Å². The molecule has 0 radical (unpaired) electrons. The van der Waals surface area contributed by atoms with Crippen molar-refractivity contribution in [3.8, 4) is 0 Å². The van der Waals surface area contributed by atoms with E-state index in [0.29, 0.717) is 25.1 Å². The molecule has 1 aromatic heterocycles. The molecule has 1 aliphatic heterocycles. The third-order valence-electron chi connectivity index (χ3n) is 8.15. The van der Waals surface area contributed by atoms with Gasteiger partial charge in [-0.1, -0.05) is 63.1 Å². The average Bonchev–Trinajstić information content (AvgIpc) is 3.22. The number of hydrogen-bond donors (Lipinski definition) is 4. The van der Waals surface area contributed by atoms with E-state index < -0.39 is 41.9 Å². The van der Waals surface area contributed by atoms with Crippen LogP contribution in [0.4, 0.5) is 4.79 Å².